The van der Waals surface area contributed by atoms with Gasteiger partial charge in [0.1, 0.15) is 5.75 Å². The van der Waals surface area contributed by atoms with E-state index in [-0.39, 0.29) is 22.9 Å². The molecule has 0 spiro atoms. The number of hydrogen-bond donors (Lipinski definition) is 0. The van der Waals surface area contributed by atoms with Gasteiger partial charge in [-0.2, -0.15) is 9.78 Å². The number of nitro groups is 1. The van der Waals surface area contributed by atoms with E-state index in [0.29, 0.717) is 28.9 Å². The van der Waals surface area contributed by atoms with Gasteiger partial charge in [0.15, 0.2) is 11.6 Å². The maximum absolute atomic E-state index is 13.6. The van der Waals surface area contributed by atoms with E-state index in [1.807, 2.05) is 25.1 Å². The zero-order chi connectivity index (χ0) is 26.7. The Balaban J connectivity index is 1.94. The molecule has 9 nitrogen and oxygen atoms in total. The second kappa shape index (κ2) is 10.6. The van der Waals surface area contributed by atoms with E-state index in [1.54, 1.807) is 38.3 Å². The zero-order valence-electron chi connectivity index (χ0n) is 21.4. The minimum absolute atomic E-state index is 0.169. The highest BCUT2D eigenvalue weighted by Crippen LogP contribution is 2.34. The normalized spacial score (nSPS) is 11.4. The smallest absolute Gasteiger partial charge is 0.311 e. The number of hydrogen-bond acceptors (Lipinski definition) is 7. The summed E-state index contributed by atoms with van der Waals surface area (Å²) >= 11 is 0. The lowest BCUT2D eigenvalue weighted by molar-refractivity contribution is -0.385. The van der Waals surface area contributed by atoms with Crippen molar-refractivity contribution >= 4 is 22.8 Å². The van der Waals surface area contributed by atoms with Crippen LogP contribution in [-0.4, -0.2) is 34.5 Å². The largest absolute Gasteiger partial charge is 0.496 e. The third-order valence-electron chi connectivity index (χ3n) is 6.00. The van der Waals surface area contributed by atoms with E-state index in [1.165, 1.54) is 23.0 Å². The Morgan fingerprint density at radius 3 is 2.57 bits per heavy atom. The Bertz CT molecular complexity index is 1570. The average Bonchev–Trinajstić information content (AvgIpc) is 2.88. The van der Waals surface area contributed by atoms with E-state index in [0.717, 1.165) is 22.4 Å². The van der Waals surface area contributed by atoms with Gasteiger partial charge in [-0.3, -0.25) is 14.9 Å². The molecule has 0 bridgehead atoms. The first kappa shape index (κ1) is 25.6. The summed E-state index contributed by atoms with van der Waals surface area (Å²) in [5.74, 6) is 1.46. The molecule has 4 rings (SSSR count). The summed E-state index contributed by atoms with van der Waals surface area (Å²) in [5.41, 5.74) is 3.04. The van der Waals surface area contributed by atoms with Crippen molar-refractivity contribution in [2.45, 2.75) is 33.6 Å². The molecule has 1 aromatic heterocycles. The molecule has 9 heteroatoms. The maximum atomic E-state index is 13.6. The van der Waals surface area contributed by atoms with Crippen molar-refractivity contribution in [3.63, 3.8) is 0 Å². The number of fused-ring (bicyclic) bond motifs is 1. The van der Waals surface area contributed by atoms with Gasteiger partial charge in [-0.1, -0.05) is 26.0 Å². The van der Waals surface area contributed by atoms with Crippen LogP contribution in [0.1, 0.15) is 43.4 Å². The molecule has 1 heterocycles. The molecule has 0 N–H and O–H groups in total. The molecule has 0 amide bonds. The number of rotatable bonds is 8. The van der Waals surface area contributed by atoms with Crippen molar-refractivity contribution in [3.8, 4) is 22.9 Å². The lowest BCUT2D eigenvalue weighted by Gasteiger charge is -2.17. The Morgan fingerprint density at radius 2 is 1.89 bits per heavy atom. The molecule has 0 aliphatic carbocycles. The predicted molar refractivity (Wildman–Crippen MR) is 144 cm³/mol. The summed E-state index contributed by atoms with van der Waals surface area (Å²) in [7, 11) is 1.63. The summed E-state index contributed by atoms with van der Waals surface area (Å²) in [4.78, 5) is 29.4. The summed E-state index contributed by atoms with van der Waals surface area (Å²) in [6, 6.07) is 15.5. The quantitative estimate of drug-likeness (QED) is 0.175. The maximum Gasteiger partial charge on any atom is 0.311 e. The number of benzene rings is 3. The van der Waals surface area contributed by atoms with Crippen LogP contribution in [0.15, 0.2) is 64.5 Å². The molecule has 37 heavy (non-hydrogen) atoms. The van der Waals surface area contributed by atoms with E-state index < -0.39 is 4.92 Å². The number of nitro benzene ring substituents is 1. The van der Waals surface area contributed by atoms with Gasteiger partial charge >= 0.3 is 5.69 Å². The van der Waals surface area contributed by atoms with Crippen LogP contribution in [0.25, 0.3) is 22.3 Å². The Kier molecular flexibility index (Phi) is 7.33. The van der Waals surface area contributed by atoms with Crippen LogP contribution >= 0.6 is 0 Å². The van der Waals surface area contributed by atoms with Crippen LogP contribution in [0.4, 0.5) is 5.69 Å². The number of methoxy groups -OCH3 is 1. The summed E-state index contributed by atoms with van der Waals surface area (Å²) in [5, 5.41) is 16.4. The fourth-order valence-corrected chi connectivity index (χ4v) is 4.13. The van der Waals surface area contributed by atoms with Crippen molar-refractivity contribution in [1.29, 1.82) is 0 Å². The number of ether oxygens (including phenoxy) is 2. The summed E-state index contributed by atoms with van der Waals surface area (Å²) in [6.07, 6.45) is 1.41. The van der Waals surface area contributed by atoms with Crippen molar-refractivity contribution in [3.05, 3.63) is 91.8 Å². The van der Waals surface area contributed by atoms with Crippen LogP contribution in [0.5, 0.6) is 11.5 Å². The molecule has 4 aromatic rings. The summed E-state index contributed by atoms with van der Waals surface area (Å²) in [6.45, 7) is 8.11. The molecule has 0 saturated carbocycles. The second-order valence-corrected chi connectivity index (χ2v) is 8.80. The van der Waals surface area contributed by atoms with Crippen molar-refractivity contribution in [1.82, 2.24) is 9.66 Å². The molecule has 0 atom stereocenters. The molecule has 0 aliphatic heterocycles. The Labute approximate surface area is 214 Å². The SMILES string of the molecule is CCOc1ccc(C=Nn2c(-c3cc(C(C)C)c(OC)cc3C)nc3ccccc3c2=O)cc1[N+](=O)[O-]. The Morgan fingerprint density at radius 1 is 1.14 bits per heavy atom. The highest BCUT2D eigenvalue weighted by molar-refractivity contribution is 5.83. The molecule has 0 aliphatic rings. The zero-order valence-corrected chi connectivity index (χ0v) is 21.4. The van der Waals surface area contributed by atoms with Gasteiger partial charge in [0.2, 0.25) is 0 Å². The van der Waals surface area contributed by atoms with Gasteiger partial charge in [0, 0.05) is 17.2 Å². The topological polar surface area (TPSA) is 109 Å². The standard InChI is InChI=1S/C28H28N4O5/c1-6-37-25-12-11-19(14-24(25)32(34)35)16-29-31-27(30-23-10-8-7-9-20(23)28(31)33)22-15-21(17(2)3)26(36-5)13-18(22)4/h7-17H,6H2,1-5H3. The van der Waals surface area contributed by atoms with Crippen molar-refractivity contribution in [2.75, 3.05) is 13.7 Å². The lowest BCUT2D eigenvalue weighted by atomic mass is 9.96. The van der Waals surface area contributed by atoms with Crippen molar-refractivity contribution < 1.29 is 14.4 Å². The van der Waals surface area contributed by atoms with Crippen molar-refractivity contribution in [2.24, 2.45) is 5.10 Å². The van der Waals surface area contributed by atoms with E-state index in [2.05, 4.69) is 18.9 Å². The fourth-order valence-electron chi connectivity index (χ4n) is 4.13. The average molecular weight is 501 g/mol. The Hall–Kier alpha value is -4.53. The minimum Gasteiger partial charge on any atom is -0.496 e. The van der Waals surface area contributed by atoms with Crippen LogP contribution < -0.4 is 15.0 Å². The molecule has 0 saturated heterocycles. The molecular formula is C28H28N4O5. The second-order valence-electron chi connectivity index (χ2n) is 8.80. The minimum atomic E-state index is -0.508. The molecule has 0 unspecified atom stereocenters. The van der Waals surface area contributed by atoms with E-state index >= 15 is 0 Å². The van der Waals surface area contributed by atoms with Gasteiger partial charge in [-0.05, 0) is 67.3 Å². The van der Waals surface area contributed by atoms with Crippen LogP contribution in [0.2, 0.25) is 0 Å². The molecule has 0 radical (unpaired) electrons. The number of nitrogens with zero attached hydrogens (tertiary/aromatic N) is 4. The van der Waals surface area contributed by atoms with Gasteiger partial charge in [0.25, 0.3) is 5.56 Å². The molecule has 190 valence electrons. The van der Waals surface area contributed by atoms with Crippen LogP contribution in [0, 0.1) is 17.0 Å². The monoisotopic (exact) mass is 500 g/mol. The molecular weight excluding hydrogens is 472 g/mol. The third kappa shape index (κ3) is 5.06. The number of para-hydroxylation sites is 1. The fraction of sp³-hybridized carbons (Fsp3) is 0.250. The van der Waals surface area contributed by atoms with E-state index in [4.69, 9.17) is 14.5 Å². The van der Waals surface area contributed by atoms with Gasteiger partial charge in [-0.25, -0.2) is 4.98 Å². The summed E-state index contributed by atoms with van der Waals surface area (Å²) < 4.78 is 12.2. The first-order chi connectivity index (χ1) is 17.7. The van der Waals surface area contributed by atoms with Crippen LogP contribution in [-0.2, 0) is 0 Å². The highest BCUT2D eigenvalue weighted by atomic mass is 16.6. The van der Waals surface area contributed by atoms with Gasteiger partial charge in [-0.15, -0.1) is 0 Å². The number of aryl methyl sites for hydroxylation is 1. The van der Waals surface area contributed by atoms with Gasteiger partial charge in [0.05, 0.1) is 35.8 Å². The third-order valence-corrected chi connectivity index (χ3v) is 6.00. The first-order valence-corrected chi connectivity index (χ1v) is 11.9. The lowest BCUT2D eigenvalue weighted by Crippen LogP contribution is -2.20. The highest BCUT2D eigenvalue weighted by Gasteiger charge is 2.19. The molecule has 3 aromatic carbocycles. The predicted octanol–water partition coefficient (Wildman–Crippen LogP) is 5.69. The molecule has 0 fully saturated rings. The number of aromatic nitrogens is 2. The first-order valence-electron chi connectivity index (χ1n) is 11.9. The van der Waals surface area contributed by atoms with Crippen LogP contribution in [0.3, 0.4) is 0 Å². The van der Waals surface area contributed by atoms with E-state index in [9.17, 15) is 14.9 Å². The van der Waals surface area contributed by atoms with Gasteiger partial charge < -0.3 is 9.47 Å².